The molecule has 0 spiro atoms. The van der Waals surface area contributed by atoms with Crippen molar-refractivity contribution in [1.29, 1.82) is 0 Å². The number of ether oxygens (including phenoxy) is 2. The van der Waals surface area contributed by atoms with E-state index in [1.54, 1.807) is 7.05 Å². The summed E-state index contributed by atoms with van der Waals surface area (Å²) < 4.78 is 39.4. The van der Waals surface area contributed by atoms with Gasteiger partial charge in [-0.15, -0.1) is 0 Å². The van der Waals surface area contributed by atoms with E-state index in [1.807, 2.05) is 45.0 Å². The van der Waals surface area contributed by atoms with Gasteiger partial charge in [-0.2, -0.15) is 17.0 Å². The predicted octanol–water partition coefficient (Wildman–Crippen LogP) is 1.66. The monoisotopic (exact) mass is 342 g/mol. The lowest BCUT2D eigenvalue weighted by atomic mass is 10.2. The van der Waals surface area contributed by atoms with Gasteiger partial charge in [0.15, 0.2) is 0 Å². The fourth-order valence-electron chi connectivity index (χ4n) is 2.63. The molecule has 1 heterocycles. The van der Waals surface area contributed by atoms with Gasteiger partial charge in [-0.3, -0.25) is 0 Å². The Hall–Kier alpha value is -1.15. The van der Waals surface area contributed by atoms with Gasteiger partial charge in [0.05, 0.1) is 12.2 Å². The lowest BCUT2D eigenvalue weighted by molar-refractivity contribution is -0.0453. The third-order valence-corrected chi connectivity index (χ3v) is 5.78. The summed E-state index contributed by atoms with van der Waals surface area (Å²) in [6.07, 6.45) is -0.185. The van der Waals surface area contributed by atoms with Gasteiger partial charge in [-0.1, -0.05) is 18.2 Å². The van der Waals surface area contributed by atoms with E-state index in [0.29, 0.717) is 26.2 Å². The van der Waals surface area contributed by atoms with Gasteiger partial charge < -0.3 is 9.47 Å². The van der Waals surface area contributed by atoms with Crippen molar-refractivity contribution in [3.63, 3.8) is 0 Å². The molecule has 1 fully saturated rings. The van der Waals surface area contributed by atoms with E-state index in [1.165, 1.54) is 8.61 Å². The van der Waals surface area contributed by atoms with E-state index in [-0.39, 0.29) is 12.2 Å². The highest BCUT2D eigenvalue weighted by atomic mass is 32.2. The molecular formula is C16H26N2O4S. The normalized spacial score (nSPS) is 23.2. The number of hydrogen-bond donors (Lipinski definition) is 0. The zero-order valence-corrected chi connectivity index (χ0v) is 15.0. The van der Waals surface area contributed by atoms with Gasteiger partial charge in [0, 0.05) is 26.7 Å². The lowest BCUT2D eigenvalue weighted by Gasteiger charge is -2.36. The Labute approximate surface area is 139 Å². The van der Waals surface area contributed by atoms with Crippen LogP contribution in [-0.4, -0.2) is 62.5 Å². The first kappa shape index (κ1) is 18.2. The molecule has 0 unspecified atom stereocenters. The Morgan fingerprint density at radius 1 is 1.26 bits per heavy atom. The Morgan fingerprint density at radius 3 is 2.48 bits per heavy atom. The quantitative estimate of drug-likeness (QED) is 0.789. The smallest absolute Gasteiger partial charge is 0.282 e. The van der Waals surface area contributed by atoms with Gasteiger partial charge in [0.25, 0.3) is 10.2 Å². The van der Waals surface area contributed by atoms with E-state index in [0.717, 1.165) is 11.3 Å². The molecule has 6 nitrogen and oxygen atoms in total. The molecule has 1 aliphatic rings. The molecule has 1 saturated heterocycles. The molecule has 2 rings (SSSR count). The molecule has 23 heavy (non-hydrogen) atoms. The standard InChI is InChI=1S/C16H26N2O4S/c1-13-7-5-6-8-16(13)21-10-9-17(4)23(19,20)18-11-14(2)22-15(3)12-18/h5-8,14-15H,9-12H2,1-4H3/t14-,15+. The highest BCUT2D eigenvalue weighted by Crippen LogP contribution is 2.18. The first-order valence-electron chi connectivity index (χ1n) is 7.86. The summed E-state index contributed by atoms with van der Waals surface area (Å²) in [4.78, 5) is 0. The first-order valence-corrected chi connectivity index (χ1v) is 9.25. The number of para-hydroxylation sites is 1. The minimum atomic E-state index is -3.49. The van der Waals surface area contributed by atoms with Crippen molar-refractivity contribution in [1.82, 2.24) is 8.61 Å². The van der Waals surface area contributed by atoms with Gasteiger partial charge in [0.1, 0.15) is 12.4 Å². The molecule has 1 aromatic carbocycles. The number of rotatable bonds is 6. The molecular weight excluding hydrogens is 316 g/mol. The fourth-order valence-corrected chi connectivity index (χ4v) is 4.13. The lowest BCUT2D eigenvalue weighted by Crippen LogP contribution is -2.52. The number of aryl methyl sites for hydroxylation is 1. The second-order valence-corrected chi connectivity index (χ2v) is 8.05. The average Bonchev–Trinajstić information content (AvgIpc) is 2.48. The molecule has 0 aromatic heterocycles. The SMILES string of the molecule is Cc1ccccc1OCCN(C)S(=O)(=O)N1C[C@@H](C)O[C@@H](C)C1. The van der Waals surface area contributed by atoms with E-state index in [4.69, 9.17) is 9.47 Å². The summed E-state index contributed by atoms with van der Waals surface area (Å²) in [6.45, 7) is 7.13. The Bertz CT molecular complexity index is 610. The second kappa shape index (κ2) is 7.61. The average molecular weight is 342 g/mol. The van der Waals surface area contributed by atoms with E-state index in [2.05, 4.69) is 0 Å². The van der Waals surface area contributed by atoms with Crippen molar-refractivity contribution in [2.24, 2.45) is 0 Å². The summed E-state index contributed by atoms with van der Waals surface area (Å²) in [6, 6.07) is 7.69. The minimum absolute atomic E-state index is 0.0925. The third-order valence-electron chi connectivity index (χ3n) is 3.86. The topological polar surface area (TPSA) is 59.1 Å². The molecule has 1 aliphatic heterocycles. The fraction of sp³-hybridized carbons (Fsp3) is 0.625. The van der Waals surface area contributed by atoms with Crippen LogP contribution in [0.5, 0.6) is 5.75 Å². The molecule has 1 aromatic rings. The highest BCUT2D eigenvalue weighted by Gasteiger charge is 2.33. The molecule has 130 valence electrons. The second-order valence-electron chi connectivity index (χ2n) is 6.02. The van der Waals surface area contributed by atoms with Crippen LogP contribution in [0, 0.1) is 6.92 Å². The first-order chi connectivity index (χ1) is 10.8. The zero-order valence-electron chi connectivity index (χ0n) is 14.2. The zero-order chi connectivity index (χ0) is 17.0. The Morgan fingerprint density at radius 2 is 1.87 bits per heavy atom. The summed E-state index contributed by atoms with van der Waals surface area (Å²) in [5, 5.41) is 0. The number of benzene rings is 1. The predicted molar refractivity (Wildman–Crippen MR) is 89.8 cm³/mol. The van der Waals surface area contributed by atoms with E-state index >= 15 is 0 Å². The maximum atomic E-state index is 12.6. The Kier molecular flexibility index (Phi) is 6.02. The van der Waals surface area contributed by atoms with Gasteiger partial charge in [-0.05, 0) is 32.4 Å². The van der Waals surface area contributed by atoms with Crippen LogP contribution in [0.15, 0.2) is 24.3 Å². The number of morpholine rings is 1. The van der Waals surface area contributed by atoms with Crippen LogP contribution in [0.25, 0.3) is 0 Å². The van der Waals surface area contributed by atoms with Crippen molar-refractivity contribution >= 4 is 10.2 Å². The van der Waals surface area contributed by atoms with Crippen LogP contribution < -0.4 is 4.74 Å². The summed E-state index contributed by atoms with van der Waals surface area (Å²) in [7, 11) is -1.90. The summed E-state index contributed by atoms with van der Waals surface area (Å²) in [5.74, 6) is 0.784. The van der Waals surface area contributed by atoms with Crippen LogP contribution in [0.3, 0.4) is 0 Å². The molecule has 0 bridgehead atoms. The molecule has 0 saturated carbocycles. The highest BCUT2D eigenvalue weighted by molar-refractivity contribution is 7.86. The third kappa shape index (κ3) is 4.67. The Balaban J connectivity index is 1.91. The molecule has 7 heteroatoms. The minimum Gasteiger partial charge on any atom is -0.492 e. The van der Waals surface area contributed by atoms with Crippen molar-refractivity contribution in [2.75, 3.05) is 33.3 Å². The van der Waals surface area contributed by atoms with Gasteiger partial charge in [-0.25, -0.2) is 0 Å². The van der Waals surface area contributed by atoms with Crippen LogP contribution in [0.2, 0.25) is 0 Å². The molecule has 0 radical (unpaired) electrons. The summed E-state index contributed by atoms with van der Waals surface area (Å²) >= 11 is 0. The maximum absolute atomic E-state index is 12.6. The van der Waals surface area contributed by atoms with Crippen LogP contribution in [0.1, 0.15) is 19.4 Å². The number of hydrogen-bond acceptors (Lipinski definition) is 4. The molecule has 0 N–H and O–H groups in total. The maximum Gasteiger partial charge on any atom is 0.282 e. The van der Waals surface area contributed by atoms with E-state index in [9.17, 15) is 8.42 Å². The van der Waals surface area contributed by atoms with Crippen molar-refractivity contribution in [2.45, 2.75) is 33.0 Å². The summed E-state index contributed by atoms with van der Waals surface area (Å²) in [5.41, 5.74) is 1.04. The van der Waals surface area contributed by atoms with Gasteiger partial charge in [0.2, 0.25) is 0 Å². The number of likely N-dealkylation sites (N-methyl/N-ethyl adjacent to an activating group) is 1. The van der Waals surface area contributed by atoms with Crippen LogP contribution in [-0.2, 0) is 14.9 Å². The van der Waals surface area contributed by atoms with Crippen molar-refractivity contribution in [3.8, 4) is 5.75 Å². The molecule has 0 amide bonds. The van der Waals surface area contributed by atoms with E-state index < -0.39 is 10.2 Å². The number of nitrogens with zero attached hydrogens (tertiary/aromatic N) is 2. The largest absolute Gasteiger partial charge is 0.492 e. The van der Waals surface area contributed by atoms with Crippen molar-refractivity contribution < 1.29 is 17.9 Å². The van der Waals surface area contributed by atoms with Gasteiger partial charge >= 0.3 is 0 Å². The molecule has 0 aliphatic carbocycles. The van der Waals surface area contributed by atoms with Crippen LogP contribution in [0.4, 0.5) is 0 Å². The van der Waals surface area contributed by atoms with Crippen LogP contribution >= 0.6 is 0 Å². The van der Waals surface area contributed by atoms with Crippen molar-refractivity contribution in [3.05, 3.63) is 29.8 Å². The molecule has 2 atom stereocenters.